The summed E-state index contributed by atoms with van der Waals surface area (Å²) in [7, 11) is 1.71. The Labute approximate surface area is 146 Å². The van der Waals surface area contributed by atoms with Crippen LogP contribution in [0.5, 0.6) is 0 Å². The van der Waals surface area contributed by atoms with E-state index in [4.69, 9.17) is 11.6 Å². The molecule has 0 bridgehead atoms. The molecule has 2 N–H and O–H groups in total. The van der Waals surface area contributed by atoms with Gasteiger partial charge in [-0.25, -0.2) is 4.39 Å². The van der Waals surface area contributed by atoms with Crippen molar-refractivity contribution in [2.45, 2.75) is 25.8 Å². The average Bonchev–Trinajstić information content (AvgIpc) is 2.90. The van der Waals surface area contributed by atoms with Gasteiger partial charge in [-0.1, -0.05) is 17.7 Å². The van der Waals surface area contributed by atoms with Crippen LogP contribution in [0.2, 0.25) is 5.02 Å². The van der Waals surface area contributed by atoms with Crippen LogP contribution in [0.3, 0.4) is 0 Å². The third kappa shape index (κ3) is 3.48. The number of piperidine rings is 1. The number of nitrogens with zero attached hydrogens (tertiary/aromatic N) is 2. The van der Waals surface area contributed by atoms with Crippen molar-refractivity contribution >= 4 is 23.5 Å². The Hall–Kier alpha value is -1.82. The fourth-order valence-corrected chi connectivity index (χ4v) is 3.86. The van der Waals surface area contributed by atoms with E-state index in [1.165, 1.54) is 6.07 Å². The number of carbonyl (C=O) groups excluding carboxylic acids is 1. The van der Waals surface area contributed by atoms with E-state index in [0.717, 1.165) is 32.5 Å². The monoisotopic (exact) mass is 352 g/mol. The van der Waals surface area contributed by atoms with Crippen molar-refractivity contribution < 1.29 is 9.18 Å². The molecule has 7 heteroatoms. The summed E-state index contributed by atoms with van der Waals surface area (Å²) in [5, 5.41) is 6.54. The molecule has 3 rings (SSSR count). The number of nitrogens with one attached hydrogen (secondary N) is 2. The van der Waals surface area contributed by atoms with E-state index in [9.17, 15) is 9.18 Å². The van der Waals surface area contributed by atoms with E-state index < -0.39 is 0 Å². The molecule has 5 nitrogen and oxygen atoms in total. The first-order valence-corrected chi connectivity index (χ1v) is 8.56. The van der Waals surface area contributed by atoms with Crippen molar-refractivity contribution in [1.82, 2.24) is 15.5 Å². The van der Waals surface area contributed by atoms with E-state index in [-0.39, 0.29) is 23.7 Å². The quantitative estimate of drug-likeness (QED) is 0.633. The molecule has 1 atom stereocenters. The van der Waals surface area contributed by atoms with Crippen LogP contribution in [0.1, 0.15) is 24.8 Å². The second-order valence-electron chi connectivity index (χ2n) is 6.58. The Morgan fingerprint density at radius 2 is 2.38 bits per heavy atom. The summed E-state index contributed by atoms with van der Waals surface area (Å²) in [5.74, 6) is 0.511. The third-order valence-corrected chi connectivity index (χ3v) is 5.21. The second kappa shape index (κ2) is 6.97. The van der Waals surface area contributed by atoms with Gasteiger partial charge in [-0.15, -0.1) is 0 Å². The molecule has 0 saturated carbocycles. The lowest BCUT2D eigenvalue weighted by Gasteiger charge is -2.40. The summed E-state index contributed by atoms with van der Waals surface area (Å²) >= 11 is 6.08. The van der Waals surface area contributed by atoms with E-state index in [1.807, 2.05) is 0 Å². The smallest absolute Gasteiger partial charge is 0.220 e. The zero-order valence-corrected chi connectivity index (χ0v) is 14.5. The van der Waals surface area contributed by atoms with Crippen LogP contribution in [-0.4, -0.2) is 43.4 Å². The van der Waals surface area contributed by atoms with E-state index in [2.05, 4.69) is 20.5 Å². The van der Waals surface area contributed by atoms with Crippen LogP contribution >= 0.6 is 11.6 Å². The number of halogens is 2. The highest BCUT2D eigenvalue weighted by Gasteiger charge is 2.42. The molecule has 0 aliphatic carbocycles. The molecule has 2 saturated heterocycles. The summed E-state index contributed by atoms with van der Waals surface area (Å²) in [6, 6.07) is 4.67. The van der Waals surface area contributed by atoms with Crippen LogP contribution in [0, 0.1) is 11.2 Å². The summed E-state index contributed by atoms with van der Waals surface area (Å²) in [4.78, 5) is 18.1. The highest BCUT2D eigenvalue weighted by Crippen LogP contribution is 2.36. The zero-order valence-electron chi connectivity index (χ0n) is 13.7. The van der Waals surface area contributed by atoms with Gasteiger partial charge < -0.3 is 15.5 Å². The van der Waals surface area contributed by atoms with E-state index in [0.29, 0.717) is 23.0 Å². The molecule has 2 aliphatic heterocycles. The molecule has 1 unspecified atom stereocenters. The second-order valence-corrected chi connectivity index (χ2v) is 6.99. The lowest BCUT2D eigenvalue weighted by Crippen LogP contribution is -2.51. The van der Waals surface area contributed by atoms with Gasteiger partial charge in [0.25, 0.3) is 0 Å². The third-order valence-electron chi connectivity index (χ3n) is 4.85. The Balaban J connectivity index is 1.67. The van der Waals surface area contributed by atoms with Crippen LogP contribution in [-0.2, 0) is 11.3 Å². The molecule has 1 amide bonds. The van der Waals surface area contributed by atoms with E-state index in [1.54, 1.807) is 19.2 Å². The summed E-state index contributed by atoms with van der Waals surface area (Å²) in [6.07, 6.45) is 2.62. The standard InChI is InChI=1S/C17H22ClFN4O/c1-20-16(21-9-12-13(18)4-2-5-14(12)19)23-7-3-6-17(11-23)8-15(24)22-10-17/h2,4-5H,3,6-11H2,1H3,(H,20,21)(H,22,24). The number of likely N-dealkylation sites (tertiary alicyclic amines) is 1. The van der Waals surface area contributed by atoms with Gasteiger partial charge in [0.15, 0.2) is 5.96 Å². The molecule has 2 heterocycles. The van der Waals surface area contributed by atoms with Gasteiger partial charge in [0, 0.05) is 55.6 Å². The van der Waals surface area contributed by atoms with Crippen LogP contribution in [0.25, 0.3) is 0 Å². The minimum Gasteiger partial charge on any atom is -0.355 e. The van der Waals surface area contributed by atoms with Gasteiger partial charge in [-0.3, -0.25) is 9.79 Å². The number of aliphatic imine (C=N–C) groups is 1. The van der Waals surface area contributed by atoms with Crippen molar-refractivity contribution in [2.24, 2.45) is 10.4 Å². The highest BCUT2D eigenvalue weighted by atomic mass is 35.5. The molecule has 2 fully saturated rings. The summed E-state index contributed by atoms with van der Waals surface area (Å²) < 4.78 is 13.9. The van der Waals surface area contributed by atoms with Crippen molar-refractivity contribution in [1.29, 1.82) is 0 Å². The number of hydrogen-bond acceptors (Lipinski definition) is 2. The number of carbonyl (C=O) groups is 1. The normalized spacial score (nSPS) is 24.4. The van der Waals surface area contributed by atoms with Crippen LogP contribution in [0.15, 0.2) is 23.2 Å². The molecule has 1 aromatic carbocycles. The predicted octanol–water partition coefficient (Wildman–Crippen LogP) is 2.16. The maximum atomic E-state index is 13.9. The van der Waals surface area contributed by atoms with Crippen molar-refractivity contribution in [3.63, 3.8) is 0 Å². The maximum absolute atomic E-state index is 13.9. The molecule has 24 heavy (non-hydrogen) atoms. The maximum Gasteiger partial charge on any atom is 0.220 e. The fourth-order valence-electron chi connectivity index (χ4n) is 3.63. The molecule has 0 aromatic heterocycles. The predicted molar refractivity (Wildman–Crippen MR) is 92.5 cm³/mol. The van der Waals surface area contributed by atoms with Crippen LogP contribution < -0.4 is 10.6 Å². The zero-order chi connectivity index (χ0) is 17.2. The first-order chi connectivity index (χ1) is 11.5. The SMILES string of the molecule is CN=C(NCc1c(F)cccc1Cl)N1CCCC2(CNC(=O)C2)C1. The number of hydrogen-bond donors (Lipinski definition) is 2. The van der Waals surface area contributed by atoms with Gasteiger partial charge in [0.05, 0.1) is 0 Å². The van der Waals surface area contributed by atoms with Gasteiger partial charge in [0.2, 0.25) is 5.91 Å². The summed E-state index contributed by atoms with van der Waals surface area (Å²) in [5.41, 5.74) is 0.424. The molecular formula is C17H22ClFN4O. The fraction of sp³-hybridized carbons (Fsp3) is 0.529. The number of amides is 1. The molecule has 0 radical (unpaired) electrons. The first-order valence-electron chi connectivity index (χ1n) is 8.18. The molecule has 2 aliphatic rings. The number of benzene rings is 1. The van der Waals surface area contributed by atoms with E-state index >= 15 is 0 Å². The van der Waals surface area contributed by atoms with Gasteiger partial charge >= 0.3 is 0 Å². The number of guanidine groups is 1. The molecule has 1 spiro atoms. The lowest BCUT2D eigenvalue weighted by molar-refractivity contribution is -0.119. The van der Waals surface area contributed by atoms with Gasteiger partial charge in [-0.05, 0) is 25.0 Å². The number of rotatable bonds is 2. The molecular weight excluding hydrogens is 331 g/mol. The van der Waals surface area contributed by atoms with Crippen molar-refractivity contribution in [3.8, 4) is 0 Å². The highest BCUT2D eigenvalue weighted by molar-refractivity contribution is 6.31. The minimum absolute atomic E-state index is 0.0113. The Morgan fingerprint density at radius 1 is 1.54 bits per heavy atom. The molecule has 130 valence electrons. The summed E-state index contributed by atoms with van der Waals surface area (Å²) in [6.45, 7) is 2.65. The first kappa shape index (κ1) is 17.0. The average molecular weight is 353 g/mol. The Bertz CT molecular complexity index is 646. The minimum atomic E-state index is -0.328. The Kier molecular flexibility index (Phi) is 4.94. The molecule has 1 aromatic rings. The largest absolute Gasteiger partial charge is 0.355 e. The van der Waals surface area contributed by atoms with Gasteiger partial charge in [-0.2, -0.15) is 0 Å². The Morgan fingerprint density at radius 3 is 3.04 bits per heavy atom. The van der Waals surface area contributed by atoms with Gasteiger partial charge in [0.1, 0.15) is 5.82 Å². The topological polar surface area (TPSA) is 56.7 Å². The lowest BCUT2D eigenvalue weighted by atomic mass is 9.79. The van der Waals surface area contributed by atoms with Crippen LogP contribution in [0.4, 0.5) is 4.39 Å². The van der Waals surface area contributed by atoms with Crippen molar-refractivity contribution in [3.05, 3.63) is 34.6 Å². The van der Waals surface area contributed by atoms with Crippen molar-refractivity contribution in [2.75, 3.05) is 26.7 Å².